The van der Waals surface area contributed by atoms with E-state index in [0.717, 1.165) is 29.7 Å². The number of carbonyl (C=O) groups is 2. The van der Waals surface area contributed by atoms with Gasteiger partial charge in [0.1, 0.15) is 5.75 Å². The number of hydrogen-bond acceptors (Lipinski definition) is 9. The molecule has 3 aromatic carbocycles. The Balaban J connectivity index is 1.92. The van der Waals surface area contributed by atoms with Crippen molar-refractivity contribution in [2.45, 2.75) is 85.1 Å². The Bertz CT molecular complexity index is 1510. The molecule has 0 unspecified atom stereocenters. The lowest BCUT2D eigenvalue weighted by Gasteiger charge is -2.26. The molecule has 2 atom stereocenters. The zero-order chi connectivity index (χ0) is 36.4. The Hall–Kier alpha value is -3.57. The van der Waals surface area contributed by atoms with E-state index in [2.05, 4.69) is 10.6 Å². The number of aliphatic hydroxyl groups excluding tert-OH is 1. The number of anilines is 1. The van der Waals surface area contributed by atoms with Gasteiger partial charge in [0.05, 0.1) is 39.1 Å². The minimum Gasteiger partial charge on any atom is -0.497 e. The van der Waals surface area contributed by atoms with E-state index in [-0.39, 0.29) is 37.8 Å². The average molecular weight is 712 g/mol. The van der Waals surface area contributed by atoms with Gasteiger partial charge < -0.3 is 25.4 Å². The maximum absolute atomic E-state index is 14.1. The van der Waals surface area contributed by atoms with Crippen LogP contribution in [0.15, 0.2) is 72.8 Å². The summed E-state index contributed by atoms with van der Waals surface area (Å²) in [5.41, 5.74) is 3.26. The van der Waals surface area contributed by atoms with Gasteiger partial charge in [-0.15, -0.1) is 0 Å². The fourth-order valence-corrected chi connectivity index (χ4v) is 6.54. The predicted octanol–water partition coefficient (Wildman–Crippen LogP) is 6.82. The number of unbranched alkanes of at least 4 members (excludes halogenated alkanes) is 1. The van der Waals surface area contributed by atoms with Gasteiger partial charge in [-0.25, -0.2) is 4.57 Å². The van der Waals surface area contributed by atoms with E-state index in [0.29, 0.717) is 43.6 Å². The summed E-state index contributed by atoms with van der Waals surface area (Å²) in [6.45, 7) is 8.64. The number of benzene rings is 3. The molecule has 0 radical (unpaired) electrons. The Morgan fingerprint density at radius 1 is 0.860 bits per heavy atom. The first-order chi connectivity index (χ1) is 24.1. The van der Waals surface area contributed by atoms with Crippen LogP contribution in [0.4, 0.5) is 5.69 Å². The van der Waals surface area contributed by atoms with E-state index in [9.17, 15) is 19.3 Å². The first kappa shape index (κ1) is 40.9. The van der Waals surface area contributed by atoms with Gasteiger partial charge in [0.2, 0.25) is 5.91 Å². The van der Waals surface area contributed by atoms with Gasteiger partial charge in [-0.2, -0.15) is 0 Å². The number of aliphatic hydroxyl groups is 1. The SMILES string of the molecule is CCCCN(C(=O)CCC)c1cc(COP(=O)(OCC)OCC)cc(C(=O)N[C@@H](Cc2ccccc2)[C@H](O)CNCc2cccc(OC)c2)c1. The van der Waals surface area contributed by atoms with Crippen LogP contribution in [0.5, 0.6) is 5.75 Å². The maximum atomic E-state index is 14.1. The van der Waals surface area contributed by atoms with E-state index < -0.39 is 25.9 Å². The van der Waals surface area contributed by atoms with Crippen LogP contribution >= 0.6 is 7.82 Å². The fraction of sp³-hybridized carbons (Fsp3) is 0.474. The molecule has 3 N–H and O–H groups in total. The number of phosphoric acid groups is 1. The zero-order valence-electron chi connectivity index (χ0n) is 30.1. The van der Waals surface area contributed by atoms with Gasteiger partial charge in [0.15, 0.2) is 0 Å². The number of phosphoric ester groups is 1. The van der Waals surface area contributed by atoms with Gasteiger partial charge in [-0.05, 0) is 80.1 Å². The lowest BCUT2D eigenvalue weighted by molar-refractivity contribution is -0.118. The number of carbonyl (C=O) groups excluding carboxylic acids is 2. The standard InChI is InChI=1S/C38H54N3O8P/c1-6-10-20-41(37(43)15-7-2)33-22-31(28-49-50(45,47-8-3)48-9-4)21-32(25-33)38(44)40-35(24-29-16-12-11-13-17-29)36(42)27-39-26-30-18-14-19-34(23-30)46-5/h11-14,16-19,21-23,25,35-36,39,42H,6-10,15,20,24,26-28H2,1-5H3,(H,40,44)/t35-,36+/m0/s1. The second kappa shape index (κ2) is 21.6. The summed E-state index contributed by atoms with van der Waals surface area (Å²) in [6, 6.07) is 21.7. The van der Waals surface area contributed by atoms with Crippen molar-refractivity contribution >= 4 is 25.3 Å². The van der Waals surface area contributed by atoms with Crippen molar-refractivity contribution in [2.75, 3.05) is 38.3 Å². The molecule has 0 aliphatic rings. The highest BCUT2D eigenvalue weighted by Gasteiger charge is 2.27. The van der Waals surface area contributed by atoms with Gasteiger partial charge in [-0.1, -0.05) is 62.7 Å². The number of methoxy groups -OCH3 is 1. The van der Waals surface area contributed by atoms with Gasteiger partial charge in [-0.3, -0.25) is 23.2 Å². The third-order valence-electron chi connectivity index (χ3n) is 7.91. The van der Waals surface area contributed by atoms with Gasteiger partial charge in [0, 0.05) is 37.3 Å². The topological polar surface area (TPSA) is 136 Å². The lowest BCUT2D eigenvalue weighted by Crippen LogP contribution is -2.48. The van der Waals surface area contributed by atoms with Crippen molar-refractivity contribution in [1.29, 1.82) is 0 Å². The molecule has 0 bridgehead atoms. The molecule has 0 aliphatic carbocycles. The third kappa shape index (κ3) is 13.3. The van der Waals surface area contributed by atoms with E-state index in [1.165, 1.54) is 0 Å². The minimum atomic E-state index is -3.85. The van der Waals surface area contributed by atoms with E-state index in [4.69, 9.17) is 18.3 Å². The molecule has 2 amide bonds. The maximum Gasteiger partial charge on any atom is 0.475 e. The molecule has 11 nitrogen and oxygen atoms in total. The average Bonchev–Trinajstić information content (AvgIpc) is 3.11. The van der Waals surface area contributed by atoms with E-state index in [1.54, 1.807) is 44.1 Å². The first-order valence-corrected chi connectivity index (χ1v) is 19.0. The quantitative estimate of drug-likeness (QED) is 0.0906. The normalized spacial score (nSPS) is 12.7. The van der Waals surface area contributed by atoms with Crippen LogP contribution in [0, 0.1) is 0 Å². The van der Waals surface area contributed by atoms with Crippen LogP contribution in [0.25, 0.3) is 0 Å². The molecule has 0 spiro atoms. The monoisotopic (exact) mass is 711 g/mol. The van der Waals surface area contributed by atoms with Crippen LogP contribution in [-0.4, -0.2) is 62.5 Å². The molecule has 0 aliphatic heterocycles. The highest BCUT2D eigenvalue weighted by molar-refractivity contribution is 7.48. The first-order valence-electron chi connectivity index (χ1n) is 17.5. The Morgan fingerprint density at radius 3 is 2.24 bits per heavy atom. The van der Waals surface area contributed by atoms with Crippen molar-refractivity contribution in [3.8, 4) is 5.75 Å². The molecule has 3 rings (SSSR count). The van der Waals surface area contributed by atoms with Crippen LogP contribution in [0.3, 0.4) is 0 Å². The minimum absolute atomic E-state index is 0.0563. The van der Waals surface area contributed by atoms with Gasteiger partial charge >= 0.3 is 7.82 Å². The summed E-state index contributed by atoms with van der Waals surface area (Å²) in [7, 11) is -2.23. The van der Waals surface area contributed by atoms with E-state index >= 15 is 0 Å². The summed E-state index contributed by atoms with van der Waals surface area (Å²) < 4.78 is 34.7. The molecule has 3 aromatic rings. The second-order valence-corrected chi connectivity index (χ2v) is 13.6. The smallest absolute Gasteiger partial charge is 0.475 e. The Morgan fingerprint density at radius 2 is 1.58 bits per heavy atom. The van der Waals surface area contributed by atoms with E-state index in [1.807, 2.05) is 68.4 Å². The highest BCUT2D eigenvalue weighted by atomic mass is 31.2. The zero-order valence-corrected chi connectivity index (χ0v) is 31.0. The molecule has 0 heterocycles. The molecule has 0 fully saturated rings. The number of nitrogens with one attached hydrogen (secondary N) is 2. The van der Waals surface area contributed by atoms with Crippen LogP contribution < -0.4 is 20.3 Å². The molecule has 0 saturated heterocycles. The van der Waals surface area contributed by atoms with Gasteiger partial charge in [0.25, 0.3) is 5.91 Å². The van der Waals surface area contributed by atoms with Crippen LogP contribution in [-0.2, 0) is 42.5 Å². The van der Waals surface area contributed by atoms with Crippen molar-refractivity contribution in [1.82, 2.24) is 10.6 Å². The predicted molar refractivity (Wildman–Crippen MR) is 196 cm³/mol. The summed E-state index contributed by atoms with van der Waals surface area (Å²) >= 11 is 0. The number of hydrogen-bond donors (Lipinski definition) is 3. The Kier molecular flexibility index (Phi) is 17.7. The lowest BCUT2D eigenvalue weighted by atomic mass is 10.00. The van der Waals surface area contributed by atoms with Crippen molar-refractivity contribution in [3.05, 3.63) is 95.1 Å². The van der Waals surface area contributed by atoms with Crippen molar-refractivity contribution in [2.24, 2.45) is 0 Å². The summed E-state index contributed by atoms with van der Waals surface area (Å²) in [5, 5.41) is 17.8. The summed E-state index contributed by atoms with van der Waals surface area (Å²) in [5.74, 6) is 0.255. The van der Waals surface area contributed by atoms with Crippen LogP contribution in [0.2, 0.25) is 0 Å². The molecule has 12 heteroatoms. The Labute approximate surface area is 297 Å². The molecule has 0 saturated carbocycles. The summed E-state index contributed by atoms with van der Waals surface area (Å²) in [6.07, 6.45) is 2.12. The number of ether oxygens (including phenoxy) is 1. The number of rotatable bonds is 23. The van der Waals surface area contributed by atoms with Crippen LogP contribution in [0.1, 0.15) is 80.4 Å². The second-order valence-electron chi connectivity index (χ2n) is 11.9. The fourth-order valence-electron chi connectivity index (χ4n) is 5.38. The van der Waals surface area contributed by atoms with Crippen molar-refractivity contribution < 1.29 is 37.6 Å². The molecule has 274 valence electrons. The summed E-state index contributed by atoms with van der Waals surface area (Å²) in [4.78, 5) is 29.0. The molecular weight excluding hydrogens is 657 g/mol. The molecular formula is C38H54N3O8P. The molecule has 50 heavy (non-hydrogen) atoms. The number of amides is 2. The molecule has 0 aromatic heterocycles. The third-order valence-corrected chi connectivity index (χ3v) is 9.51. The highest BCUT2D eigenvalue weighted by Crippen LogP contribution is 2.50. The largest absolute Gasteiger partial charge is 0.497 e. The van der Waals surface area contributed by atoms with Crippen molar-refractivity contribution in [3.63, 3.8) is 0 Å². The number of nitrogens with zero attached hydrogens (tertiary/aromatic N) is 1.